The summed E-state index contributed by atoms with van der Waals surface area (Å²) in [6.07, 6.45) is 1.50. The molecule has 1 heterocycles. The van der Waals surface area contributed by atoms with Gasteiger partial charge < -0.3 is 4.90 Å². The highest BCUT2D eigenvalue weighted by Gasteiger charge is 2.23. The summed E-state index contributed by atoms with van der Waals surface area (Å²) < 4.78 is 0. The van der Waals surface area contributed by atoms with Crippen LogP contribution in [-0.4, -0.2) is 24.4 Å². The molecule has 0 N–H and O–H groups in total. The molecule has 0 aliphatic carbocycles. The van der Waals surface area contributed by atoms with Crippen molar-refractivity contribution in [2.75, 3.05) is 13.6 Å². The predicted octanol–water partition coefficient (Wildman–Crippen LogP) is 1.89. The molecule has 0 radical (unpaired) electrons. The highest BCUT2D eigenvalue weighted by Crippen LogP contribution is 2.27. The van der Waals surface area contributed by atoms with Crippen LogP contribution in [0.4, 0.5) is 0 Å². The van der Waals surface area contributed by atoms with E-state index in [1.54, 1.807) is 11.0 Å². The highest BCUT2D eigenvalue weighted by atomic mass is 16.2. The molecule has 1 aliphatic rings. The molecule has 3 nitrogen and oxygen atoms in total. The van der Waals surface area contributed by atoms with Gasteiger partial charge in [-0.05, 0) is 24.1 Å². The van der Waals surface area contributed by atoms with Crippen molar-refractivity contribution in [1.29, 1.82) is 5.26 Å². The molecule has 1 aromatic rings. The highest BCUT2D eigenvalue weighted by molar-refractivity contribution is 5.76. The lowest BCUT2D eigenvalue weighted by Crippen LogP contribution is -2.35. The molecule has 1 fully saturated rings. The average Bonchev–Trinajstić information content (AvgIpc) is 2.33. The molecular weight excluding hydrogens is 200 g/mol. The zero-order valence-corrected chi connectivity index (χ0v) is 9.31. The van der Waals surface area contributed by atoms with Crippen molar-refractivity contribution in [2.24, 2.45) is 0 Å². The quantitative estimate of drug-likeness (QED) is 0.716. The first kappa shape index (κ1) is 10.7. The van der Waals surface area contributed by atoms with Gasteiger partial charge in [0.2, 0.25) is 5.91 Å². The maximum absolute atomic E-state index is 11.4. The molecule has 1 saturated heterocycles. The number of piperidine rings is 1. The summed E-state index contributed by atoms with van der Waals surface area (Å²) >= 11 is 0. The van der Waals surface area contributed by atoms with Crippen LogP contribution in [0.2, 0.25) is 0 Å². The molecule has 0 bridgehead atoms. The number of hydrogen-bond acceptors (Lipinski definition) is 2. The summed E-state index contributed by atoms with van der Waals surface area (Å²) in [5.41, 5.74) is 1.86. The lowest BCUT2D eigenvalue weighted by atomic mass is 9.90. The molecule has 1 unspecified atom stereocenters. The van der Waals surface area contributed by atoms with Crippen molar-refractivity contribution >= 4 is 5.91 Å². The summed E-state index contributed by atoms with van der Waals surface area (Å²) in [5.74, 6) is 0.587. The molecule has 82 valence electrons. The predicted molar refractivity (Wildman–Crippen MR) is 60.8 cm³/mol. The van der Waals surface area contributed by atoms with E-state index in [2.05, 4.69) is 6.07 Å². The second-order valence-electron chi connectivity index (χ2n) is 4.25. The van der Waals surface area contributed by atoms with E-state index in [-0.39, 0.29) is 5.91 Å². The number of likely N-dealkylation sites (N-methyl/N-ethyl adjacent to an activating group) is 1. The van der Waals surface area contributed by atoms with E-state index < -0.39 is 0 Å². The minimum atomic E-state index is 0.215. The Morgan fingerprint density at radius 3 is 3.00 bits per heavy atom. The smallest absolute Gasteiger partial charge is 0.222 e. The van der Waals surface area contributed by atoms with Crippen molar-refractivity contribution < 1.29 is 4.79 Å². The van der Waals surface area contributed by atoms with Gasteiger partial charge in [0.05, 0.1) is 11.6 Å². The van der Waals surface area contributed by atoms with Crippen LogP contribution in [0.1, 0.15) is 29.9 Å². The van der Waals surface area contributed by atoms with Gasteiger partial charge in [-0.2, -0.15) is 5.26 Å². The molecule has 3 heteroatoms. The maximum Gasteiger partial charge on any atom is 0.222 e. The van der Waals surface area contributed by atoms with Gasteiger partial charge in [0.1, 0.15) is 0 Å². The van der Waals surface area contributed by atoms with Gasteiger partial charge in [0.25, 0.3) is 0 Å². The van der Waals surface area contributed by atoms with Gasteiger partial charge in [-0.1, -0.05) is 12.1 Å². The van der Waals surface area contributed by atoms with E-state index in [0.717, 1.165) is 13.0 Å². The van der Waals surface area contributed by atoms with E-state index >= 15 is 0 Å². The van der Waals surface area contributed by atoms with Crippen LogP contribution >= 0.6 is 0 Å². The van der Waals surface area contributed by atoms with Crippen LogP contribution in [0.25, 0.3) is 0 Å². The molecule has 16 heavy (non-hydrogen) atoms. The Labute approximate surface area is 95.3 Å². The van der Waals surface area contributed by atoms with E-state index in [9.17, 15) is 4.79 Å². The molecule has 0 aromatic heterocycles. The minimum absolute atomic E-state index is 0.215. The fraction of sp³-hybridized carbons (Fsp3) is 0.385. The molecule has 0 spiro atoms. The second kappa shape index (κ2) is 4.36. The normalized spacial score (nSPS) is 20.6. The average molecular weight is 214 g/mol. The minimum Gasteiger partial charge on any atom is -0.345 e. The standard InChI is InChI=1S/C13H14N2O/c1-15-9-12(5-6-13(15)16)11-4-2-3-10(7-11)8-14/h2-4,7,12H,5-6,9H2,1H3. The first-order chi connectivity index (χ1) is 7.70. The Morgan fingerprint density at radius 1 is 1.50 bits per heavy atom. The summed E-state index contributed by atoms with van der Waals surface area (Å²) in [4.78, 5) is 13.1. The number of nitriles is 1. The Balaban J connectivity index is 2.19. The molecule has 0 saturated carbocycles. The fourth-order valence-corrected chi connectivity index (χ4v) is 2.15. The number of carbonyl (C=O) groups is 1. The number of amides is 1. The first-order valence-electron chi connectivity index (χ1n) is 5.44. The van der Waals surface area contributed by atoms with Crippen molar-refractivity contribution in [3.05, 3.63) is 35.4 Å². The van der Waals surface area contributed by atoms with E-state index in [0.29, 0.717) is 17.9 Å². The molecule has 1 atom stereocenters. The number of hydrogen-bond donors (Lipinski definition) is 0. The van der Waals surface area contributed by atoms with Gasteiger partial charge >= 0.3 is 0 Å². The molecule has 1 aromatic carbocycles. The SMILES string of the molecule is CN1CC(c2cccc(C#N)c2)CCC1=O. The Bertz CT molecular complexity index is 447. The van der Waals surface area contributed by atoms with E-state index in [1.165, 1.54) is 5.56 Å². The number of nitrogens with zero attached hydrogens (tertiary/aromatic N) is 2. The van der Waals surface area contributed by atoms with E-state index in [1.807, 2.05) is 25.2 Å². The number of carbonyl (C=O) groups excluding carboxylic acids is 1. The largest absolute Gasteiger partial charge is 0.345 e. The number of rotatable bonds is 1. The number of likely N-dealkylation sites (tertiary alicyclic amines) is 1. The van der Waals surface area contributed by atoms with Gasteiger partial charge in [0, 0.05) is 25.9 Å². The van der Waals surface area contributed by atoms with Crippen molar-refractivity contribution in [1.82, 2.24) is 4.90 Å². The van der Waals surface area contributed by atoms with Crippen LogP contribution < -0.4 is 0 Å². The monoisotopic (exact) mass is 214 g/mol. The third kappa shape index (κ3) is 2.06. The summed E-state index contributed by atoms with van der Waals surface area (Å²) in [6, 6.07) is 9.82. The molecule has 1 aliphatic heterocycles. The molecule has 2 rings (SSSR count). The van der Waals surface area contributed by atoms with Gasteiger partial charge in [-0.25, -0.2) is 0 Å². The van der Waals surface area contributed by atoms with Crippen LogP contribution in [0, 0.1) is 11.3 Å². The third-order valence-corrected chi connectivity index (χ3v) is 3.11. The van der Waals surface area contributed by atoms with E-state index in [4.69, 9.17) is 5.26 Å². The van der Waals surface area contributed by atoms with Crippen LogP contribution in [-0.2, 0) is 4.79 Å². The zero-order chi connectivity index (χ0) is 11.5. The maximum atomic E-state index is 11.4. The van der Waals surface area contributed by atoms with Gasteiger partial charge in [0.15, 0.2) is 0 Å². The number of benzene rings is 1. The first-order valence-corrected chi connectivity index (χ1v) is 5.44. The summed E-state index contributed by atoms with van der Waals surface area (Å²) in [5, 5.41) is 8.84. The summed E-state index contributed by atoms with van der Waals surface area (Å²) in [7, 11) is 1.84. The zero-order valence-electron chi connectivity index (χ0n) is 9.31. The van der Waals surface area contributed by atoms with Crippen LogP contribution in [0.3, 0.4) is 0 Å². The lowest BCUT2D eigenvalue weighted by molar-refractivity contribution is -0.132. The van der Waals surface area contributed by atoms with Crippen molar-refractivity contribution in [3.8, 4) is 6.07 Å². The summed E-state index contributed by atoms with van der Waals surface area (Å²) in [6.45, 7) is 0.758. The third-order valence-electron chi connectivity index (χ3n) is 3.11. The topological polar surface area (TPSA) is 44.1 Å². The Morgan fingerprint density at radius 2 is 2.31 bits per heavy atom. The van der Waals surface area contributed by atoms with Crippen molar-refractivity contribution in [3.63, 3.8) is 0 Å². The molecular formula is C13H14N2O. The fourth-order valence-electron chi connectivity index (χ4n) is 2.15. The molecule has 1 amide bonds. The Hall–Kier alpha value is -1.82. The Kier molecular flexibility index (Phi) is 2.91. The second-order valence-corrected chi connectivity index (χ2v) is 4.25. The van der Waals surface area contributed by atoms with Crippen LogP contribution in [0.5, 0.6) is 0 Å². The van der Waals surface area contributed by atoms with Gasteiger partial charge in [-0.15, -0.1) is 0 Å². The van der Waals surface area contributed by atoms with Gasteiger partial charge in [-0.3, -0.25) is 4.79 Å². The van der Waals surface area contributed by atoms with Crippen LogP contribution in [0.15, 0.2) is 24.3 Å². The lowest BCUT2D eigenvalue weighted by Gasteiger charge is -2.29. The van der Waals surface area contributed by atoms with Crippen molar-refractivity contribution in [2.45, 2.75) is 18.8 Å².